The number of nitrogens with one attached hydrogen (secondary N) is 2. The zero-order chi connectivity index (χ0) is 26.0. The van der Waals surface area contributed by atoms with E-state index in [1.165, 1.54) is 0 Å². The number of hydrogen-bond acceptors (Lipinski definition) is 7. The lowest BCUT2D eigenvalue weighted by Gasteiger charge is -2.29. The summed E-state index contributed by atoms with van der Waals surface area (Å²) in [6, 6.07) is 15.3. The van der Waals surface area contributed by atoms with Gasteiger partial charge < -0.3 is 21.1 Å². The topological polar surface area (TPSA) is 120 Å². The highest BCUT2D eigenvalue weighted by atomic mass is 35.5. The number of nitrogens with two attached hydrogens (primary N) is 1. The molecule has 1 aliphatic rings. The first-order valence-electron chi connectivity index (χ1n) is 12.0. The molecule has 3 heterocycles. The fourth-order valence-corrected chi connectivity index (χ4v) is 4.55. The van der Waals surface area contributed by atoms with Gasteiger partial charge in [0.25, 0.3) is 5.91 Å². The van der Waals surface area contributed by atoms with Crippen molar-refractivity contribution in [1.29, 1.82) is 0 Å². The van der Waals surface area contributed by atoms with Crippen LogP contribution in [0.4, 0.5) is 5.95 Å². The number of carbonyl (C=O) groups is 1. The average molecular weight is 518 g/mol. The fraction of sp³-hybridized carbons (Fsp3) is 0.259. The Kier molecular flexibility index (Phi) is 6.82. The number of ether oxygens (including phenoxy) is 1. The molecule has 1 amide bonds. The van der Waals surface area contributed by atoms with Crippen LogP contribution in [0.2, 0.25) is 5.02 Å². The number of imidazole rings is 1. The van der Waals surface area contributed by atoms with E-state index in [0.29, 0.717) is 23.4 Å². The van der Waals surface area contributed by atoms with E-state index in [1.807, 2.05) is 50.2 Å². The minimum atomic E-state index is -0.812. The summed E-state index contributed by atoms with van der Waals surface area (Å²) in [7, 11) is 0. The van der Waals surface area contributed by atoms with Gasteiger partial charge in [-0.05, 0) is 37.6 Å². The Morgan fingerprint density at radius 3 is 2.89 bits per heavy atom. The number of carbonyl (C=O) groups excluding carboxylic acids is 1. The van der Waals surface area contributed by atoms with Gasteiger partial charge in [-0.15, -0.1) is 0 Å². The Balaban J connectivity index is 1.36. The van der Waals surface area contributed by atoms with E-state index >= 15 is 0 Å². The quantitative estimate of drug-likeness (QED) is 0.336. The molecule has 0 saturated carbocycles. The lowest BCUT2D eigenvalue weighted by Crippen LogP contribution is -2.48. The van der Waals surface area contributed by atoms with E-state index < -0.39 is 5.54 Å². The summed E-state index contributed by atoms with van der Waals surface area (Å²) in [5, 5.41) is 7.00. The van der Waals surface area contributed by atoms with Gasteiger partial charge >= 0.3 is 0 Å². The zero-order valence-corrected chi connectivity index (χ0v) is 21.4. The van der Waals surface area contributed by atoms with Crippen LogP contribution in [0.1, 0.15) is 46.6 Å². The number of anilines is 1. The first-order valence-corrected chi connectivity index (χ1v) is 12.4. The highest BCUT2D eigenvalue weighted by molar-refractivity contribution is 6.30. The molecule has 0 aliphatic carbocycles. The van der Waals surface area contributed by atoms with E-state index in [2.05, 4.69) is 20.6 Å². The minimum Gasteiger partial charge on any atom is -0.493 e. The first kappa shape index (κ1) is 24.7. The molecule has 4 N–H and O–H groups in total. The van der Waals surface area contributed by atoms with Crippen molar-refractivity contribution in [3.8, 4) is 11.6 Å². The van der Waals surface area contributed by atoms with Crippen LogP contribution in [-0.4, -0.2) is 38.6 Å². The van der Waals surface area contributed by atoms with E-state index in [9.17, 15) is 4.79 Å². The fourth-order valence-electron chi connectivity index (χ4n) is 4.36. The van der Waals surface area contributed by atoms with Crippen molar-refractivity contribution in [3.63, 3.8) is 0 Å². The van der Waals surface area contributed by atoms with Gasteiger partial charge in [0.1, 0.15) is 23.6 Å². The second kappa shape index (κ2) is 10.2. The maximum atomic E-state index is 13.1. The third-order valence-electron chi connectivity index (χ3n) is 6.53. The van der Waals surface area contributed by atoms with Gasteiger partial charge in [-0.3, -0.25) is 9.36 Å². The highest BCUT2D eigenvalue weighted by Crippen LogP contribution is 2.33. The molecule has 1 aliphatic heterocycles. The van der Waals surface area contributed by atoms with Gasteiger partial charge in [0.15, 0.2) is 0 Å². The Morgan fingerprint density at radius 1 is 1.24 bits per heavy atom. The summed E-state index contributed by atoms with van der Waals surface area (Å²) >= 11 is 6.15. The summed E-state index contributed by atoms with van der Waals surface area (Å²) in [6.45, 7) is 4.57. The van der Waals surface area contributed by atoms with E-state index in [4.69, 9.17) is 27.1 Å². The number of rotatable bonds is 7. The molecule has 5 rings (SSSR count). The van der Waals surface area contributed by atoms with Crippen LogP contribution in [0.5, 0.6) is 5.75 Å². The number of aryl methyl sites for hydroxylation is 1. The number of aromatic nitrogens is 4. The lowest BCUT2D eigenvalue weighted by atomic mass is 9.92. The van der Waals surface area contributed by atoms with Crippen LogP contribution in [0, 0.1) is 6.92 Å². The van der Waals surface area contributed by atoms with Gasteiger partial charge in [0.05, 0.1) is 18.2 Å². The molecule has 2 aromatic carbocycles. The largest absolute Gasteiger partial charge is 0.493 e. The maximum absolute atomic E-state index is 13.1. The van der Waals surface area contributed by atoms with Crippen LogP contribution in [0.15, 0.2) is 67.3 Å². The molecular weight excluding hydrogens is 490 g/mol. The molecule has 2 aromatic heterocycles. The molecule has 4 aromatic rings. The normalized spacial score (nSPS) is 16.3. The van der Waals surface area contributed by atoms with Crippen LogP contribution in [0.3, 0.4) is 0 Å². The first-order chi connectivity index (χ1) is 17.9. The Hall–Kier alpha value is -3.95. The third-order valence-corrected chi connectivity index (χ3v) is 6.76. The smallest absolute Gasteiger partial charge is 0.272 e. The summed E-state index contributed by atoms with van der Waals surface area (Å²) < 4.78 is 7.48. The number of nitrogens with zero attached hydrogens (tertiary/aromatic N) is 4. The minimum absolute atomic E-state index is 0.0325. The number of amides is 1. The van der Waals surface area contributed by atoms with Crippen molar-refractivity contribution in [1.82, 2.24) is 24.8 Å². The van der Waals surface area contributed by atoms with Gasteiger partial charge in [-0.1, -0.05) is 41.9 Å². The lowest BCUT2D eigenvalue weighted by molar-refractivity contribution is 0.0902. The van der Waals surface area contributed by atoms with Gasteiger partial charge in [-0.25, -0.2) is 9.97 Å². The molecular formula is C27H28ClN7O2. The van der Waals surface area contributed by atoms with Crippen molar-refractivity contribution >= 4 is 23.5 Å². The Bertz CT molecular complexity index is 1440. The third kappa shape index (κ3) is 5.14. The molecule has 9 nitrogen and oxygen atoms in total. The van der Waals surface area contributed by atoms with Crippen LogP contribution in [0.25, 0.3) is 5.82 Å². The molecule has 10 heteroatoms. The maximum Gasteiger partial charge on any atom is 0.272 e. The SMILES string of the molecule is Cc1cnc(NC2CCOc3ccccc32)nc1-n1cnc(C(=O)N[C@@](C)(CN)c2cccc(Cl)c2)c1. The number of benzene rings is 2. The number of fused-ring (bicyclic) bond motifs is 1. The van der Waals surface area contributed by atoms with E-state index in [1.54, 1.807) is 35.4 Å². The average Bonchev–Trinajstić information content (AvgIpc) is 3.40. The summed E-state index contributed by atoms with van der Waals surface area (Å²) in [5.41, 5.74) is 8.20. The number of para-hydroxylation sites is 1. The molecule has 37 heavy (non-hydrogen) atoms. The second-order valence-corrected chi connectivity index (χ2v) is 9.68. The van der Waals surface area contributed by atoms with E-state index in [0.717, 1.165) is 28.9 Å². The van der Waals surface area contributed by atoms with Gasteiger partial charge in [-0.2, -0.15) is 4.98 Å². The van der Waals surface area contributed by atoms with Gasteiger partial charge in [0, 0.05) is 41.5 Å². The van der Waals surface area contributed by atoms with Crippen molar-refractivity contribution in [2.45, 2.75) is 31.8 Å². The van der Waals surface area contributed by atoms with Crippen LogP contribution < -0.4 is 21.1 Å². The summed E-state index contributed by atoms with van der Waals surface area (Å²) in [6.07, 6.45) is 5.76. The number of halogens is 1. The molecule has 1 unspecified atom stereocenters. The number of hydrogen-bond donors (Lipinski definition) is 3. The molecule has 0 fully saturated rings. The molecule has 2 atom stereocenters. The summed E-state index contributed by atoms with van der Waals surface area (Å²) in [4.78, 5) is 26.6. The standard InChI is InChI=1S/C27H28ClN7O2/c1-17-13-30-26(32-21-10-11-37-23-9-4-3-8-20(21)23)33-24(17)35-14-22(31-16-35)25(36)34-27(2,15-29)18-6-5-7-19(28)12-18/h3-9,12-14,16,21H,10-11,15,29H2,1-2H3,(H,34,36)(H,30,32,33)/t21?,27-/m0/s1. The van der Waals surface area contributed by atoms with E-state index in [-0.39, 0.29) is 24.2 Å². The predicted molar refractivity (Wildman–Crippen MR) is 142 cm³/mol. The predicted octanol–water partition coefficient (Wildman–Crippen LogP) is 4.16. The van der Waals surface area contributed by atoms with Gasteiger partial charge in [0.2, 0.25) is 5.95 Å². The second-order valence-electron chi connectivity index (χ2n) is 9.24. The molecule has 0 bridgehead atoms. The Morgan fingerprint density at radius 2 is 2.08 bits per heavy atom. The molecule has 190 valence electrons. The van der Waals surface area contributed by atoms with Crippen LogP contribution in [-0.2, 0) is 5.54 Å². The zero-order valence-electron chi connectivity index (χ0n) is 20.6. The summed E-state index contributed by atoms with van der Waals surface area (Å²) in [5.74, 6) is 1.63. The molecule has 0 spiro atoms. The monoisotopic (exact) mass is 517 g/mol. The van der Waals surface area contributed by atoms with Crippen molar-refractivity contribution in [3.05, 3.63) is 94.7 Å². The highest BCUT2D eigenvalue weighted by Gasteiger charge is 2.29. The molecule has 0 saturated heterocycles. The Labute approximate surface area is 220 Å². The van der Waals surface area contributed by atoms with Crippen molar-refractivity contribution in [2.75, 3.05) is 18.5 Å². The molecule has 0 radical (unpaired) electrons. The van der Waals surface area contributed by atoms with Crippen LogP contribution >= 0.6 is 11.6 Å². The van der Waals surface area contributed by atoms with Crippen molar-refractivity contribution in [2.24, 2.45) is 5.73 Å². The van der Waals surface area contributed by atoms with Crippen molar-refractivity contribution < 1.29 is 9.53 Å².